The van der Waals surface area contributed by atoms with Crippen LogP contribution >= 0.6 is 0 Å². The summed E-state index contributed by atoms with van der Waals surface area (Å²) < 4.78 is 38.0. The third-order valence-electron chi connectivity index (χ3n) is 4.04. The molecular formula is C14H18F3N3O2. The molecule has 1 heterocycles. The van der Waals surface area contributed by atoms with Gasteiger partial charge in [0, 0.05) is 12.6 Å². The molecular weight excluding hydrogens is 299 g/mol. The molecule has 0 saturated carbocycles. The lowest BCUT2D eigenvalue weighted by atomic mass is 9.81. The van der Waals surface area contributed by atoms with E-state index in [0.29, 0.717) is 12.6 Å². The molecule has 1 aliphatic heterocycles. The van der Waals surface area contributed by atoms with Crippen LogP contribution in [-0.2, 0) is 6.18 Å². The third-order valence-corrected chi connectivity index (χ3v) is 4.04. The summed E-state index contributed by atoms with van der Waals surface area (Å²) in [7, 11) is 0. The normalized spacial score (nSPS) is 18.0. The molecule has 1 aromatic rings. The highest BCUT2D eigenvalue weighted by molar-refractivity contribution is 5.63. The molecule has 0 atom stereocenters. The summed E-state index contributed by atoms with van der Waals surface area (Å²) in [5.41, 5.74) is -1.47. The smallest absolute Gasteiger partial charge is 0.379 e. The van der Waals surface area contributed by atoms with Gasteiger partial charge in [0.25, 0.3) is 5.69 Å². The second kappa shape index (κ2) is 6.12. The van der Waals surface area contributed by atoms with Crippen molar-refractivity contribution in [2.24, 2.45) is 5.41 Å². The Labute approximate surface area is 126 Å². The Morgan fingerprint density at radius 1 is 1.36 bits per heavy atom. The van der Waals surface area contributed by atoms with Crippen molar-refractivity contribution < 1.29 is 18.1 Å². The molecule has 22 heavy (non-hydrogen) atoms. The first-order valence-corrected chi connectivity index (χ1v) is 7.02. The van der Waals surface area contributed by atoms with Crippen LogP contribution in [-0.4, -0.2) is 24.6 Å². The van der Waals surface area contributed by atoms with E-state index in [4.69, 9.17) is 0 Å². The molecule has 1 aliphatic rings. The van der Waals surface area contributed by atoms with Crippen LogP contribution in [0.15, 0.2) is 18.2 Å². The molecule has 0 unspecified atom stereocenters. The summed E-state index contributed by atoms with van der Waals surface area (Å²) in [4.78, 5) is 10.2. The second-order valence-corrected chi connectivity index (χ2v) is 5.90. The lowest BCUT2D eigenvalue weighted by Gasteiger charge is -2.34. The molecule has 1 saturated heterocycles. The van der Waals surface area contributed by atoms with Gasteiger partial charge in [0.05, 0.1) is 10.5 Å². The largest absolute Gasteiger partial charge is 0.416 e. The summed E-state index contributed by atoms with van der Waals surface area (Å²) in [5.74, 6) is 0. The van der Waals surface area contributed by atoms with E-state index in [2.05, 4.69) is 17.6 Å². The van der Waals surface area contributed by atoms with Gasteiger partial charge in [0.2, 0.25) is 0 Å². The highest BCUT2D eigenvalue weighted by Gasteiger charge is 2.33. The molecule has 0 spiro atoms. The van der Waals surface area contributed by atoms with Crippen molar-refractivity contribution in [2.75, 3.05) is 25.0 Å². The molecule has 0 radical (unpaired) electrons. The van der Waals surface area contributed by atoms with Gasteiger partial charge < -0.3 is 10.6 Å². The Hall–Kier alpha value is -1.83. The molecule has 0 aliphatic carbocycles. The van der Waals surface area contributed by atoms with Crippen LogP contribution in [0.3, 0.4) is 0 Å². The number of nitrogens with one attached hydrogen (secondary N) is 2. The number of alkyl halides is 3. The maximum Gasteiger partial charge on any atom is 0.416 e. The first-order chi connectivity index (χ1) is 10.2. The number of benzene rings is 1. The van der Waals surface area contributed by atoms with E-state index in [9.17, 15) is 23.3 Å². The Bertz CT molecular complexity index is 555. The highest BCUT2D eigenvalue weighted by Crippen LogP contribution is 2.36. The Morgan fingerprint density at radius 2 is 2.00 bits per heavy atom. The summed E-state index contributed by atoms with van der Waals surface area (Å²) in [5, 5.41) is 17.2. The highest BCUT2D eigenvalue weighted by atomic mass is 19.4. The van der Waals surface area contributed by atoms with E-state index < -0.39 is 22.4 Å². The van der Waals surface area contributed by atoms with E-state index in [-0.39, 0.29) is 11.1 Å². The van der Waals surface area contributed by atoms with Crippen LogP contribution in [0, 0.1) is 15.5 Å². The first kappa shape index (κ1) is 16.5. The number of nitro benzene ring substituents is 1. The summed E-state index contributed by atoms with van der Waals surface area (Å²) in [6, 6.07) is 2.57. The molecule has 0 amide bonds. The van der Waals surface area contributed by atoms with Crippen LogP contribution < -0.4 is 10.6 Å². The van der Waals surface area contributed by atoms with Gasteiger partial charge in [-0.1, -0.05) is 6.92 Å². The number of nitrogens with zero attached hydrogens (tertiary/aromatic N) is 1. The van der Waals surface area contributed by atoms with Gasteiger partial charge in [-0.3, -0.25) is 10.1 Å². The van der Waals surface area contributed by atoms with Crippen LogP contribution in [0.1, 0.15) is 25.3 Å². The van der Waals surface area contributed by atoms with E-state index in [1.54, 1.807) is 0 Å². The summed E-state index contributed by atoms with van der Waals surface area (Å²) in [6.07, 6.45) is -2.77. The lowest BCUT2D eigenvalue weighted by Crippen LogP contribution is -2.39. The van der Waals surface area contributed by atoms with E-state index in [0.717, 1.165) is 38.1 Å². The van der Waals surface area contributed by atoms with Gasteiger partial charge in [-0.15, -0.1) is 0 Å². The van der Waals surface area contributed by atoms with Crippen molar-refractivity contribution in [1.82, 2.24) is 5.32 Å². The van der Waals surface area contributed by atoms with Crippen molar-refractivity contribution in [1.29, 1.82) is 0 Å². The Kier molecular flexibility index (Phi) is 4.60. The van der Waals surface area contributed by atoms with Gasteiger partial charge in [0.15, 0.2) is 0 Å². The molecule has 1 fully saturated rings. The van der Waals surface area contributed by atoms with Crippen LogP contribution in [0.5, 0.6) is 0 Å². The number of hydrogen-bond acceptors (Lipinski definition) is 4. The van der Waals surface area contributed by atoms with Gasteiger partial charge >= 0.3 is 6.18 Å². The molecule has 122 valence electrons. The fourth-order valence-electron chi connectivity index (χ4n) is 2.52. The molecule has 0 aromatic heterocycles. The van der Waals surface area contributed by atoms with Gasteiger partial charge in [-0.05, 0) is 43.5 Å². The predicted molar refractivity (Wildman–Crippen MR) is 76.8 cm³/mol. The second-order valence-electron chi connectivity index (χ2n) is 5.90. The average molecular weight is 317 g/mol. The number of anilines is 1. The molecule has 8 heteroatoms. The van der Waals surface area contributed by atoms with Crippen LogP contribution in [0.4, 0.5) is 24.5 Å². The predicted octanol–water partition coefficient (Wildman–Crippen LogP) is 3.42. The summed E-state index contributed by atoms with van der Waals surface area (Å²) in [6.45, 7) is 4.29. The van der Waals surface area contributed by atoms with Crippen molar-refractivity contribution in [3.05, 3.63) is 33.9 Å². The SMILES string of the molecule is CC1(CNc2ccc(C(F)(F)F)cc2[N+](=O)[O-])CCNCC1. The number of piperidine rings is 1. The van der Waals surface area contributed by atoms with Gasteiger partial charge in [-0.25, -0.2) is 0 Å². The minimum absolute atomic E-state index is 0.0260. The van der Waals surface area contributed by atoms with Crippen molar-refractivity contribution in [3.8, 4) is 0 Å². The average Bonchev–Trinajstić information content (AvgIpc) is 2.44. The van der Waals surface area contributed by atoms with Crippen LogP contribution in [0.25, 0.3) is 0 Å². The standard InChI is InChI=1S/C14H18F3N3O2/c1-13(4-6-18-7-5-13)9-19-11-3-2-10(14(15,16)17)8-12(11)20(21)22/h2-3,8,18-19H,4-7,9H2,1H3. The molecule has 5 nitrogen and oxygen atoms in total. The molecule has 0 bridgehead atoms. The molecule has 2 rings (SSSR count). The maximum atomic E-state index is 12.7. The topological polar surface area (TPSA) is 67.2 Å². The van der Waals surface area contributed by atoms with E-state index in [1.807, 2.05) is 0 Å². The fraction of sp³-hybridized carbons (Fsp3) is 0.571. The number of rotatable bonds is 4. The van der Waals surface area contributed by atoms with E-state index in [1.165, 1.54) is 0 Å². The lowest BCUT2D eigenvalue weighted by molar-refractivity contribution is -0.384. The van der Waals surface area contributed by atoms with E-state index >= 15 is 0 Å². The van der Waals surface area contributed by atoms with Crippen molar-refractivity contribution in [3.63, 3.8) is 0 Å². The zero-order chi connectivity index (χ0) is 16.4. The monoisotopic (exact) mass is 317 g/mol. The third kappa shape index (κ3) is 3.88. The minimum Gasteiger partial charge on any atom is -0.379 e. The number of hydrogen-bond donors (Lipinski definition) is 2. The number of halogens is 3. The zero-order valence-corrected chi connectivity index (χ0v) is 12.2. The van der Waals surface area contributed by atoms with Crippen molar-refractivity contribution in [2.45, 2.75) is 25.9 Å². The Balaban J connectivity index is 2.18. The van der Waals surface area contributed by atoms with Crippen molar-refractivity contribution >= 4 is 11.4 Å². The minimum atomic E-state index is -4.59. The van der Waals surface area contributed by atoms with Gasteiger partial charge in [-0.2, -0.15) is 13.2 Å². The van der Waals surface area contributed by atoms with Gasteiger partial charge in [0.1, 0.15) is 5.69 Å². The first-order valence-electron chi connectivity index (χ1n) is 7.02. The molecule has 1 aromatic carbocycles. The van der Waals surface area contributed by atoms with Crippen LogP contribution in [0.2, 0.25) is 0 Å². The molecule has 2 N–H and O–H groups in total. The summed E-state index contributed by atoms with van der Waals surface area (Å²) >= 11 is 0. The zero-order valence-electron chi connectivity index (χ0n) is 12.2. The quantitative estimate of drug-likeness (QED) is 0.659. The Morgan fingerprint density at radius 3 is 2.55 bits per heavy atom. The maximum absolute atomic E-state index is 12.7. The number of nitro groups is 1. The fourth-order valence-corrected chi connectivity index (χ4v) is 2.52.